The maximum Gasteiger partial charge on any atom is 0.412 e. The largest absolute Gasteiger partial charge is 0.496 e. The summed E-state index contributed by atoms with van der Waals surface area (Å²) in [5.41, 5.74) is 2.48. The van der Waals surface area contributed by atoms with Crippen molar-refractivity contribution in [1.29, 1.82) is 0 Å². The van der Waals surface area contributed by atoms with Gasteiger partial charge in [-0.05, 0) is 65.0 Å². The number of nitrogens with one attached hydrogen (secondary N) is 2. The summed E-state index contributed by atoms with van der Waals surface area (Å²) in [6.07, 6.45) is -0.537. The molecule has 2 aromatic carbocycles. The second-order valence-electron chi connectivity index (χ2n) is 7.64. The number of rotatable bonds is 5. The zero-order valence-corrected chi connectivity index (χ0v) is 17.3. The lowest BCUT2D eigenvalue weighted by atomic mass is 10.0. The van der Waals surface area contributed by atoms with Crippen molar-refractivity contribution in [1.82, 2.24) is 5.32 Å². The molecule has 1 unspecified atom stereocenters. The standard InChI is InChI=1S/C22H28N2O4/c1-14-7-12-19(27-6)18(13-14)15(2)23-20(25)16-8-10-17(11-9-16)24-21(26)28-22(3,4)5/h7-13,15H,1-6H3,(H,23,25)(H,24,26). The van der Waals surface area contributed by atoms with Crippen LogP contribution in [0, 0.1) is 6.92 Å². The predicted octanol–water partition coefficient (Wildman–Crippen LogP) is 4.84. The van der Waals surface area contributed by atoms with Crippen molar-refractivity contribution < 1.29 is 19.1 Å². The van der Waals surface area contributed by atoms with E-state index in [-0.39, 0.29) is 11.9 Å². The molecule has 0 fully saturated rings. The van der Waals surface area contributed by atoms with Crippen molar-refractivity contribution in [2.24, 2.45) is 0 Å². The number of carbonyl (C=O) groups excluding carboxylic acids is 2. The first-order valence-corrected chi connectivity index (χ1v) is 9.14. The fourth-order valence-corrected chi connectivity index (χ4v) is 2.68. The van der Waals surface area contributed by atoms with Gasteiger partial charge in [0.1, 0.15) is 11.4 Å². The summed E-state index contributed by atoms with van der Waals surface area (Å²) in [6, 6.07) is 12.3. The monoisotopic (exact) mass is 384 g/mol. The topological polar surface area (TPSA) is 76.7 Å². The quantitative estimate of drug-likeness (QED) is 0.773. The van der Waals surface area contributed by atoms with E-state index in [0.29, 0.717) is 11.3 Å². The molecule has 2 rings (SSSR count). The maximum atomic E-state index is 12.6. The minimum absolute atomic E-state index is 0.208. The second-order valence-corrected chi connectivity index (χ2v) is 7.64. The zero-order valence-electron chi connectivity index (χ0n) is 17.3. The lowest BCUT2D eigenvalue weighted by Crippen LogP contribution is -2.27. The molecule has 0 bridgehead atoms. The van der Waals surface area contributed by atoms with Crippen LogP contribution in [0.5, 0.6) is 5.75 Å². The third-order valence-electron chi connectivity index (χ3n) is 3.99. The van der Waals surface area contributed by atoms with E-state index < -0.39 is 11.7 Å². The van der Waals surface area contributed by atoms with Gasteiger partial charge >= 0.3 is 6.09 Å². The Morgan fingerprint density at radius 2 is 1.68 bits per heavy atom. The van der Waals surface area contributed by atoms with Gasteiger partial charge in [0.2, 0.25) is 0 Å². The van der Waals surface area contributed by atoms with Crippen molar-refractivity contribution in [3.8, 4) is 5.75 Å². The highest BCUT2D eigenvalue weighted by atomic mass is 16.6. The third kappa shape index (κ3) is 6.01. The van der Waals surface area contributed by atoms with E-state index in [1.807, 2.05) is 32.0 Å². The summed E-state index contributed by atoms with van der Waals surface area (Å²) >= 11 is 0. The van der Waals surface area contributed by atoms with Crippen molar-refractivity contribution in [3.05, 3.63) is 59.2 Å². The number of anilines is 1. The van der Waals surface area contributed by atoms with Crippen molar-refractivity contribution in [3.63, 3.8) is 0 Å². The molecule has 6 heteroatoms. The Kier molecular flexibility index (Phi) is 6.67. The summed E-state index contributed by atoms with van der Waals surface area (Å²) < 4.78 is 10.6. The van der Waals surface area contributed by atoms with Gasteiger partial charge < -0.3 is 14.8 Å². The van der Waals surface area contributed by atoms with E-state index in [2.05, 4.69) is 10.6 Å². The molecule has 1 atom stereocenters. The molecule has 2 amide bonds. The van der Waals surface area contributed by atoms with Crippen LogP contribution in [0.25, 0.3) is 0 Å². The molecule has 150 valence electrons. The molecule has 28 heavy (non-hydrogen) atoms. The maximum absolute atomic E-state index is 12.6. The van der Waals surface area contributed by atoms with E-state index in [9.17, 15) is 9.59 Å². The van der Waals surface area contributed by atoms with Crippen LogP contribution in [0.3, 0.4) is 0 Å². The van der Waals surface area contributed by atoms with Gasteiger partial charge in [0.25, 0.3) is 5.91 Å². The molecule has 0 saturated carbocycles. The first kappa shape index (κ1) is 21.3. The van der Waals surface area contributed by atoms with Gasteiger partial charge in [-0.2, -0.15) is 0 Å². The Morgan fingerprint density at radius 3 is 2.25 bits per heavy atom. The number of hydrogen-bond donors (Lipinski definition) is 2. The molecule has 0 radical (unpaired) electrons. The van der Waals surface area contributed by atoms with Crippen LogP contribution >= 0.6 is 0 Å². The minimum Gasteiger partial charge on any atom is -0.496 e. The molecular formula is C22H28N2O4. The van der Waals surface area contributed by atoms with Gasteiger partial charge in [0.15, 0.2) is 0 Å². The van der Waals surface area contributed by atoms with Gasteiger partial charge in [-0.25, -0.2) is 4.79 Å². The molecular weight excluding hydrogens is 356 g/mol. The van der Waals surface area contributed by atoms with Crippen LogP contribution in [-0.4, -0.2) is 24.7 Å². The van der Waals surface area contributed by atoms with Crippen molar-refractivity contribution >= 4 is 17.7 Å². The third-order valence-corrected chi connectivity index (χ3v) is 3.99. The number of aryl methyl sites for hydroxylation is 1. The highest BCUT2D eigenvalue weighted by molar-refractivity contribution is 5.95. The smallest absolute Gasteiger partial charge is 0.412 e. The van der Waals surface area contributed by atoms with Crippen molar-refractivity contribution in [2.75, 3.05) is 12.4 Å². The average molecular weight is 384 g/mol. The highest BCUT2D eigenvalue weighted by Gasteiger charge is 2.17. The highest BCUT2D eigenvalue weighted by Crippen LogP contribution is 2.26. The Morgan fingerprint density at radius 1 is 1.04 bits per heavy atom. The number of methoxy groups -OCH3 is 1. The molecule has 0 aliphatic rings. The van der Waals surface area contributed by atoms with Gasteiger partial charge in [0, 0.05) is 16.8 Å². The number of benzene rings is 2. The minimum atomic E-state index is -0.573. The van der Waals surface area contributed by atoms with Gasteiger partial charge in [0.05, 0.1) is 13.2 Å². The Balaban J connectivity index is 2.03. The molecule has 2 N–H and O–H groups in total. The van der Waals surface area contributed by atoms with Crippen LogP contribution in [0.15, 0.2) is 42.5 Å². The van der Waals surface area contributed by atoms with Crippen LogP contribution in [-0.2, 0) is 4.74 Å². The van der Waals surface area contributed by atoms with E-state index in [1.165, 1.54) is 0 Å². The Bertz CT molecular complexity index is 839. The Labute approximate surface area is 166 Å². The Hall–Kier alpha value is -3.02. The summed E-state index contributed by atoms with van der Waals surface area (Å²) in [5.74, 6) is 0.523. The van der Waals surface area contributed by atoms with Gasteiger partial charge in [-0.15, -0.1) is 0 Å². The number of amides is 2. The normalized spacial score (nSPS) is 12.1. The van der Waals surface area contributed by atoms with E-state index >= 15 is 0 Å². The lowest BCUT2D eigenvalue weighted by Gasteiger charge is -2.20. The number of carbonyl (C=O) groups is 2. The van der Waals surface area contributed by atoms with E-state index in [4.69, 9.17) is 9.47 Å². The number of ether oxygens (including phenoxy) is 2. The zero-order chi connectivity index (χ0) is 20.9. The molecule has 2 aromatic rings. The van der Waals surface area contributed by atoms with Gasteiger partial charge in [-0.1, -0.05) is 17.7 Å². The summed E-state index contributed by atoms with van der Waals surface area (Å²) in [4.78, 5) is 24.4. The summed E-state index contributed by atoms with van der Waals surface area (Å²) in [5, 5.41) is 5.62. The average Bonchev–Trinajstić information content (AvgIpc) is 2.60. The lowest BCUT2D eigenvalue weighted by molar-refractivity contribution is 0.0635. The van der Waals surface area contributed by atoms with Crippen LogP contribution in [0.2, 0.25) is 0 Å². The molecule has 6 nitrogen and oxygen atoms in total. The fraction of sp³-hybridized carbons (Fsp3) is 0.364. The molecule has 0 saturated heterocycles. The van der Waals surface area contributed by atoms with Gasteiger partial charge in [-0.3, -0.25) is 10.1 Å². The predicted molar refractivity (Wildman–Crippen MR) is 110 cm³/mol. The second kappa shape index (κ2) is 8.78. The number of hydrogen-bond acceptors (Lipinski definition) is 4. The van der Waals surface area contributed by atoms with Crippen LogP contribution < -0.4 is 15.4 Å². The molecule has 0 spiro atoms. The molecule has 0 aliphatic heterocycles. The van der Waals surface area contributed by atoms with E-state index in [1.54, 1.807) is 52.1 Å². The fourth-order valence-electron chi connectivity index (χ4n) is 2.68. The first-order chi connectivity index (χ1) is 13.1. The molecule has 0 aliphatic carbocycles. The van der Waals surface area contributed by atoms with Crippen LogP contribution in [0.1, 0.15) is 55.2 Å². The SMILES string of the molecule is COc1ccc(C)cc1C(C)NC(=O)c1ccc(NC(=O)OC(C)(C)C)cc1. The van der Waals surface area contributed by atoms with E-state index in [0.717, 1.165) is 16.9 Å². The summed E-state index contributed by atoms with van der Waals surface area (Å²) in [6.45, 7) is 9.29. The summed E-state index contributed by atoms with van der Waals surface area (Å²) in [7, 11) is 1.61. The van der Waals surface area contributed by atoms with Crippen LogP contribution in [0.4, 0.5) is 10.5 Å². The van der Waals surface area contributed by atoms with Crippen molar-refractivity contribution in [2.45, 2.75) is 46.3 Å². The molecule has 0 heterocycles. The first-order valence-electron chi connectivity index (χ1n) is 9.14. The molecule has 0 aromatic heterocycles.